The Morgan fingerprint density at radius 2 is 1.92 bits per heavy atom. The van der Waals surface area contributed by atoms with Crippen LogP contribution < -0.4 is 0 Å². The van der Waals surface area contributed by atoms with Gasteiger partial charge in [-0.3, -0.25) is 0 Å². The van der Waals surface area contributed by atoms with Gasteiger partial charge in [0.05, 0.1) is 0 Å². The summed E-state index contributed by atoms with van der Waals surface area (Å²) in [7, 11) is 0. The second-order valence-corrected chi connectivity index (χ2v) is 4.12. The van der Waals surface area contributed by atoms with Crippen LogP contribution in [-0.4, -0.2) is 0 Å². The minimum absolute atomic E-state index is 1.10. The molecule has 0 aliphatic heterocycles. The first kappa shape index (κ1) is 9.79. The zero-order valence-electron chi connectivity index (χ0n) is 7.82. The molecule has 0 saturated heterocycles. The highest BCUT2D eigenvalue weighted by molar-refractivity contribution is 9.10. The van der Waals surface area contributed by atoms with Crippen LogP contribution in [0.4, 0.5) is 0 Å². The lowest BCUT2D eigenvalue weighted by atomic mass is 10.0. The maximum atomic E-state index is 3.51. The normalized spacial score (nSPS) is 10.8. The highest BCUT2D eigenvalue weighted by atomic mass is 79.9. The molecular formula is C11H14Br. The Bertz CT molecular complexity index is 264. The number of benzene rings is 1. The molecule has 0 heterocycles. The summed E-state index contributed by atoms with van der Waals surface area (Å²) in [5.41, 5.74) is 2.72. The van der Waals surface area contributed by atoms with Gasteiger partial charge in [0.2, 0.25) is 0 Å². The van der Waals surface area contributed by atoms with Crippen molar-refractivity contribution in [3.63, 3.8) is 0 Å². The van der Waals surface area contributed by atoms with E-state index >= 15 is 0 Å². The lowest BCUT2D eigenvalue weighted by molar-refractivity contribution is 1.09. The summed E-state index contributed by atoms with van der Waals surface area (Å²) in [5.74, 6) is 1.37. The molecule has 0 aliphatic rings. The lowest BCUT2D eigenvalue weighted by Crippen LogP contribution is -1.90. The number of aryl methyl sites for hydroxylation is 1. The number of rotatable bonds is 2. The SMILES string of the molecule is CCc1cc(Br)cc([C](C)C)c1. The van der Waals surface area contributed by atoms with Crippen molar-refractivity contribution >= 4 is 15.9 Å². The molecule has 0 amide bonds. The molecule has 1 heteroatoms. The van der Waals surface area contributed by atoms with Gasteiger partial charge in [0.1, 0.15) is 0 Å². The summed E-state index contributed by atoms with van der Waals surface area (Å²) in [6.07, 6.45) is 1.10. The summed E-state index contributed by atoms with van der Waals surface area (Å²) < 4.78 is 1.18. The van der Waals surface area contributed by atoms with Gasteiger partial charge >= 0.3 is 0 Å². The van der Waals surface area contributed by atoms with Gasteiger partial charge < -0.3 is 0 Å². The van der Waals surface area contributed by atoms with E-state index in [0.29, 0.717) is 0 Å². The third-order valence-electron chi connectivity index (χ3n) is 1.94. The van der Waals surface area contributed by atoms with E-state index in [1.54, 1.807) is 0 Å². The molecule has 1 radical (unpaired) electrons. The molecule has 0 nitrogen and oxygen atoms in total. The van der Waals surface area contributed by atoms with E-state index in [0.717, 1.165) is 6.42 Å². The van der Waals surface area contributed by atoms with Crippen molar-refractivity contribution in [3.05, 3.63) is 39.7 Å². The first-order valence-corrected chi connectivity index (χ1v) is 5.02. The Morgan fingerprint density at radius 3 is 2.42 bits per heavy atom. The fraction of sp³-hybridized carbons (Fsp3) is 0.364. The molecule has 12 heavy (non-hydrogen) atoms. The van der Waals surface area contributed by atoms with Crippen molar-refractivity contribution < 1.29 is 0 Å². The quantitative estimate of drug-likeness (QED) is 0.715. The smallest absolute Gasteiger partial charge is 0.0180 e. The summed E-state index contributed by atoms with van der Waals surface area (Å²) in [6, 6.07) is 6.58. The predicted molar refractivity (Wildman–Crippen MR) is 57.2 cm³/mol. The Kier molecular flexibility index (Phi) is 3.33. The van der Waals surface area contributed by atoms with Gasteiger partial charge in [0, 0.05) is 4.47 Å². The van der Waals surface area contributed by atoms with E-state index in [1.807, 2.05) is 0 Å². The fourth-order valence-electron chi connectivity index (χ4n) is 1.14. The van der Waals surface area contributed by atoms with Crippen molar-refractivity contribution in [3.8, 4) is 0 Å². The number of halogens is 1. The van der Waals surface area contributed by atoms with Crippen LogP contribution in [0.3, 0.4) is 0 Å². The van der Waals surface area contributed by atoms with Gasteiger partial charge in [-0.2, -0.15) is 0 Å². The molecule has 0 fully saturated rings. The van der Waals surface area contributed by atoms with E-state index in [2.05, 4.69) is 54.9 Å². The summed E-state index contributed by atoms with van der Waals surface area (Å²) in [4.78, 5) is 0. The van der Waals surface area contributed by atoms with Crippen LogP contribution in [0.2, 0.25) is 0 Å². The highest BCUT2D eigenvalue weighted by Gasteiger charge is 2.01. The second kappa shape index (κ2) is 4.08. The summed E-state index contributed by atoms with van der Waals surface area (Å²) in [5, 5.41) is 0. The van der Waals surface area contributed by atoms with Crippen LogP contribution in [-0.2, 0) is 6.42 Å². The third kappa shape index (κ3) is 2.34. The minimum atomic E-state index is 1.10. The number of hydrogen-bond acceptors (Lipinski definition) is 0. The van der Waals surface area contributed by atoms with Crippen LogP contribution in [0.1, 0.15) is 31.9 Å². The van der Waals surface area contributed by atoms with Crippen LogP contribution >= 0.6 is 15.9 Å². The Morgan fingerprint density at radius 1 is 1.25 bits per heavy atom. The monoisotopic (exact) mass is 225 g/mol. The molecular weight excluding hydrogens is 212 g/mol. The van der Waals surface area contributed by atoms with Crippen molar-refractivity contribution in [2.45, 2.75) is 27.2 Å². The van der Waals surface area contributed by atoms with E-state index < -0.39 is 0 Å². The first-order valence-electron chi connectivity index (χ1n) is 4.23. The minimum Gasteiger partial charge on any atom is -0.0613 e. The van der Waals surface area contributed by atoms with Crippen molar-refractivity contribution in [2.24, 2.45) is 0 Å². The lowest BCUT2D eigenvalue weighted by Gasteiger charge is -2.07. The Balaban J connectivity index is 3.06. The molecule has 0 spiro atoms. The maximum Gasteiger partial charge on any atom is 0.0180 e. The molecule has 0 aliphatic carbocycles. The largest absolute Gasteiger partial charge is 0.0613 e. The van der Waals surface area contributed by atoms with Gasteiger partial charge in [-0.25, -0.2) is 0 Å². The first-order chi connectivity index (χ1) is 5.63. The van der Waals surface area contributed by atoms with Crippen LogP contribution in [0.25, 0.3) is 0 Å². The van der Waals surface area contributed by atoms with Crippen molar-refractivity contribution in [1.29, 1.82) is 0 Å². The Labute approximate surface area is 83.1 Å². The van der Waals surface area contributed by atoms with Gasteiger partial charge in [-0.1, -0.05) is 42.8 Å². The molecule has 1 aromatic rings. The van der Waals surface area contributed by atoms with E-state index in [9.17, 15) is 0 Å². The van der Waals surface area contributed by atoms with Crippen molar-refractivity contribution in [1.82, 2.24) is 0 Å². The zero-order chi connectivity index (χ0) is 9.14. The number of hydrogen-bond donors (Lipinski definition) is 0. The molecule has 1 rings (SSSR count). The van der Waals surface area contributed by atoms with Crippen molar-refractivity contribution in [2.75, 3.05) is 0 Å². The molecule has 0 unspecified atom stereocenters. The van der Waals surface area contributed by atoms with Crippen LogP contribution in [0, 0.1) is 5.92 Å². The van der Waals surface area contributed by atoms with Crippen LogP contribution in [0.15, 0.2) is 22.7 Å². The molecule has 0 N–H and O–H groups in total. The van der Waals surface area contributed by atoms with Gasteiger partial charge in [-0.05, 0) is 35.6 Å². The van der Waals surface area contributed by atoms with Gasteiger partial charge in [0.25, 0.3) is 0 Å². The maximum absolute atomic E-state index is 3.51. The van der Waals surface area contributed by atoms with Crippen LogP contribution in [0.5, 0.6) is 0 Å². The zero-order valence-corrected chi connectivity index (χ0v) is 9.40. The average molecular weight is 226 g/mol. The highest BCUT2D eigenvalue weighted by Crippen LogP contribution is 2.21. The molecule has 0 atom stereocenters. The molecule has 0 bridgehead atoms. The average Bonchev–Trinajstić information content (AvgIpc) is 2.03. The second-order valence-electron chi connectivity index (χ2n) is 3.20. The molecule has 65 valence electrons. The molecule has 1 aromatic carbocycles. The predicted octanol–water partition coefficient (Wildman–Crippen LogP) is 3.97. The fourth-order valence-corrected chi connectivity index (χ4v) is 1.68. The van der Waals surface area contributed by atoms with E-state index in [-0.39, 0.29) is 0 Å². The molecule has 0 aromatic heterocycles. The summed E-state index contributed by atoms with van der Waals surface area (Å²) >= 11 is 3.51. The standard InChI is InChI=1S/C11H14Br/c1-4-9-5-10(8(2)3)7-11(12)6-9/h5-7H,4H2,1-3H3. The topological polar surface area (TPSA) is 0 Å². The Hall–Kier alpha value is -0.300. The van der Waals surface area contributed by atoms with Gasteiger partial charge in [-0.15, -0.1) is 0 Å². The third-order valence-corrected chi connectivity index (χ3v) is 2.40. The van der Waals surface area contributed by atoms with E-state index in [4.69, 9.17) is 0 Å². The molecule has 0 saturated carbocycles. The van der Waals surface area contributed by atoms with Gasteiger partial charge in [0.15, 0.2) is 0 Å². The summed E-state index contributed by atoms with van der Waals surface area (Å²) in [6.45, 7) is 6.46. The van der Waals surface area contributed by atoms with E-state index in [1.165, 1.54) is 21.5 Å².